The lowest BCUT2D eigenvalue weighted by atomic mass is 10.0. The highest BCUT2D eigenvalue weighted by Gasteiger charge is 2.41. The monoisotopic (exact) mass is 375 g/mol. The van der Waals surface area contributed by atoms with Crippen LogP contribution >= 0.6 is 0 Å². The van der Waals surface area contributed by atoms with Gasteiger partial charge in [-0.2, -0.15) is 5.10 Å². The van der Waals surface area contributed by atoms with Crippen molar-refractivity contribution >= 4 is 5.65 Å². The summed E-state index contributed by atoms with van der Waals surface area (Å²) in [4.78, 5) is 32.7. The maximum Gasteiger partial charge on any atom is 0.325 e. The van der Waals surface area contributed by atoms with E-state index >= 15 is 0 Å². The molecule has 5 rings (SSSR count). The van der Waals surface area contributed by atoms with Crippen LogP contribution < -0.4 is 16.0 Å². The molecule has 0 saturated heterocycles. The van der Waals surface area contributed by atoms with Crippen molar-refractivity contribution in [3.8, 4) is 17.0 Å². The second kappa shape index (κ2) is 6.19. The molecule has 1 saturated carbocycles. The molecule has 2 atom stereocenters. The van der Waals surface area contributed by atoms with Gasteiger partial charge in [0.05, 0.1) is 18.4 Å². The number of hydrogen-bond donors (Lipinski definition) is 2. The van der Waals surface area contributed by atoms with Gasteiger partial charge in [0.25, 0.3) is 5.56 Å². The third-order valence-electron chi connectivity index (χ3n) is 5.19. The van der Waals surface area contributed by atoms with Crippen molar-refractivity contribution in [2.75, 3.05) is 7.11 Å². The van der Waals surface area contributed by atoms with Gasteiger partial charge in [-0.3, -0.25) is 9.78 Å². The fourth-order valence-electron chi connectivity index (χ4n) is 3.72. The molecule has 1 aliphatic rings. The Hall–Kier alpha value is -3.68. The Morgan fingerprint density at radius 3 is 2.93 bits per heavy atom. The predicted molar refractivity (Wildman–Crippen MR) is 103 cm³/mol. The minimum Gasteiger partial charge on any atom is -0.497 e. The molecule has 0 amide bonds. The van der Waals surface area contributed by atoms with Gasteiger partial charge in [-0.05, 0) is 42.0 Å². The van der Waals surface area contributed by atoms with Gasteiger partial charge < -0.3 is 9.72 Å². The SMILES string of the molecule is COc1cccc([C@H]2C[C@@H]2c2cc(-c3c[nH]c(=O)[nH]c3=O)nn3ccnc23)c1. The van der Waals surface area contributed by atoms with Gasteiger partial charge in [-0.25, -0.2) is 14.3 Å². The Bertz CT molecular complexity index is 1300. The summed E-state index contributed by atoms with van der Waals surface area (Å²) in [5, 5.41) is 4.48. The largest absolute Gasteiger partial charge is 0.497 e. The van der Waals surface area contributed by atoms with Crippen LogP contribution in [0.5, 0.6) is 5.75 Å². The first-order valence-electron chi connectivity index (χ1n) is 8.94. The van der Waals surface area contributed by atoms with E-state index in [-0.39, 0.29) is 5.92 Å². The van der Waals surface area contributed by atoms with E-state index in [9.17, 15) is 9.59 Å². The average molecular weight is 375 g/mol. The van der Waals surface area contributed by atoms with Gasteiger partial charge >= 0.3 is 5.69 Å². The Morgan fingerprint density at radius 1 is 1.21 bits per heavy atom. The minimum absolute atomic E-state index is 0.278. The van der Waals surface area contributed by atoms with E-state index in [4.69, 9.17) is 4.74 Å². The molecule has 1 fully saturated rings. The number of nitrogens with zero attached hydrogens (tertiary/aromatic N) is 3. The molecule has 2 N–H and O–H groups in total. The molecule has 4 aromatic rings. The highest BCUT2D eigenvalue weighted by molar-refractivity contribution is 5.63. The van der Waals surface area contributed by atoms with Crippen LogP contribution in [0.4, 0.5) is 0 Å². The molecule has 0 bridgehead atoms. The fraction of sp³-hybridized carbons (Fsp3) is 0.200. The van der Waals surface area contributed by atoms with E-state index < -0.39 is 11.2 Å². The topological polar surface area (TPSA) is 105 Å². The quantitative estimate of drug-likeness (QED) is 0.568. The van der Waals surface area contributed by atoms with Gasteiger partial charge in [-0.15, -0.1) is 0 Å². The highest BCUT2D eigenvalue weighted by atomic mass is 16.5. The summed E-state index contributed by atoms with van der Waals surface area (Å²) in [5.74, 6) is 1.48. The molecule has 140 valence electrons. The van der Waals surface area contributed by atoms with Gasteiger partial charge in [0, 0.05) is 24.2 Å². The van der Waals surface area contributed by atoms with Crippen LogP contribution in [0, 0.1) is 0 Å². The third kappa shape index (κ3) is 2.70. The summed E-state index contributed by atoms with van der Waals surface area (Å²) >= 11 is 0. The molecule has 3 heterocycles. The summed E-state index contributed by atoms with van der Waals surface area (Å²) < 4.78 is 7.01. The Balaban J connectivity index is 1.59. The number of H-pyrrole nitrogens is 2. The first-order chi connectivity index (χ1) is 13.6. The summed E-state index contributed by atoms with van der Waals surface area (Å²) in [6.07, 6.45) is 5.82. The molecule has 1 aliphatic carbocycles. The smallest absolute Gasteiger partial charge is 0.325 e. The lowest BCUT2D eigenvalue weighted by molar-refractivity contribution is 0.414. The molecular weight excluding hydrogens is 358 g/mol. The zero-order valence-electron chi connectivity index (χ0n) is 15.0. The number of aromatic amines is 2. The predicted octanol–water partition coefficient (Wildman–Crippen LogP) is 2.05. The lowest BCUT2D eigenvalue weighted by Crippen LogP contribution is -2.23. The van der Waals surface area contributed by atoms with Crippen molar-refractivity contribution in [3.63, 3.8) is 0 Å². The molecule has 0 unspecified atom stereocenters. The van der Waals surface area contributed by atoms with E-state index in [1.54, 1.807) is 24.0 Å². The highest BCUT2D eigenvalue weighted by Crippen LogP contribution is 2.55. The second-order valence-electron chi connectivity index (χ2n) is 6.89. The van der Waals surface area contributed by atoms with E-state index in [1.807, 2.05) is 18.2 Å². The first kappa shape index (κ1) is 16.5. The van der Waals surface area contributed by atoms with E-state index in [0.29, 0.717) is 17.2 Å². The maximum atomic E-state index is 12.2. The third-order valence-corrected chi connectivity index (χ3v) is 5.19. The number of nitrogens with one attached hydrogen (secondary N) is 2. The van der Waals surface area contributed by atoms with E-state index in [0.717, 1.165) is 23.4 Å². The number of aromatic nitrogens is 5. The number of methoxy groups -OCH3 is 1. The Morgan fingerprint density at radius 2 is 2.11 bits per heavy atom. The van der Waals surface area contributed by atoms with Gasteiger partial charge in [-0.1, -0.05) is 12.1 Å². The van der Waals surface area contributed by atoms with Crippen molar-refractivity contribution in [3.05, 3.63) is 80.9 Å². The first-order valence-corrected chi connectivity index (χ1v) is 8.94. The normalized spacial score (nSPS) is 18.3. The van der Waals surface area contributed by atoms with E-state index in [2.05, 4.69) is 32.2 Å². The van der Waals surface area contributed by atoms with Gasteiger partial charge in [0.1, 0.15) is 5.75 Å². The van der Waals surface area contributed by atoms with Crippen LogP contribution in [0.1, 0.15) is 29.4 Å². The molecule has 8 nitrogen and oxygen atoms in total. The number of hydrogen-bond acceptors (Lipinski definition) is 5. The standard InChI is InChI=1S/C20H17N5O3/c1-28-12-4-2-3-11(7-12)13-8-14(13)15-9-17(24-25-6-5-21-18(15)25)16-10-22-20(27)23-19(16)26/h2-7,9-10,13-14H,8H2,1H3,(H2,22,23,26,27)/t13-,14+/m1/s1. The van der Waals surface area contributed by atoms with Crippen LogP contribution in [0.2, 0.25) is 0 Å². The molecule has 28 heavy (non-hydrogen) atoms. The molecule has 0 spiro atoms. The number of imidazole rings is 1. The molecule has 0 aliphatic heterocycles. The fourth-order valence-corrected chi connectivity index (χ4v) is 3.72. The van der Waals surface area contributed by atoms with Crippen LogP contribution in [-0.2, 0) is 0 Å². The molecule has 3 aromatic heterocycles. The number of ether oxygens (including phenoxy) is 1. The van der Waals surface area contributed by atoms with Crippen molar-refractivity contribution in [2.24, 2.45) is 0 Å². The second-order valence-corrected chi connectivity index (χ2v) is 6.89. The maximum absolute atomic E-state index is 12.2. The lowest BCUT2D eigenvalue weighted by Gasteiger charge is -2.08. The summed E-state index contributed by atoms with van der Waals surface area (Å²) in [6.45, 7) is 0. The number of benzene rings is 1. The van der Waals surface area contributed by atoms with Gasteiger partial charge in [0.15, 0.2) is 5.65 Å². The Kier molecular flexibility index (Phi) is 3.65. The van der Waals surface area contributed by atoms with Crippen LogP contribution in [0.15, 0.2) is 58.5 Å². The molecular formula is C20H17N5O3. The Labute approximate surface area is 158 Å². The molecule has 1 aromatic carbocycles. The van der Waals surface area contributed by atoms with E-state index in [1.165, 1.54) is 11.8 Å². The van der Waals surface area contributed by atoms with Crippen LogP contribution in [-0.4, -0.2) is 31.7 Å². The molecule has 8 heteroatoms. The summed E-state index contributed by atoms with van der Waals surface area (Å²) in [6, 6.07) is 9.98. The van der Waals surface area contributed by atoms with Crippen molar-refractivity contribution in [1.29, 1.82) is 0 Å². The summed E-state index contributed by atoms with van der Waals surface area (Å²) in [5.41, 5.74) is 2.83. The zero-order chi connectivity index (χ0) is 19.3. The average Bonchev–Trinajstić information content (AvgIpc) is 3.36. The van der Waals surface area contributed by atoms with Crippen molar-refractivity contribution in [1.82, 2.24) is 24.6 Å². The minimum atomic E-state index is -0.544. The molecule has 0 radical (unpaired) electrons. The zero-order valence-corrected chi connectivity index (χ0v) is 15.0. The van der Waals surface area contributed by atoms with Crippen molar-refractivity contribution < 1.29 is 4.74 Å². The summed E-state index contributed by atoms with van der Waals surface area (Å²) in [7, 11) is 1.66. The van der Waals surface area contributed by atoms with Gasteiger partial charge in [0.2, 0.25) is 0 Å². The number of rotatable bonds is 4. The van der Waals surface area contributed by atoms with Crippen LogP contribution in [0.3, 0.4) is 0 Å². The number of fused-ring (bicyclic) bond motifs is 1. The van der Waals surface area contributed by atoms with Crippen LogP contribution in [0.25, 0.3) is 16.9 Å². The van der Waals surface area contributed by atoms with Crippen molar-refractivity contribution in [2.45, 2.75) is 18.3 Å².